The average Bonchev–Trinajstić information content (AvgIpc) is 1.91. The summed E-state index contributed by atoms with van der Waals surface area (Å²) in [6, 6.07) is 0. The maximum atomic E-state index is 3.71. The second-order valence-corrected chi connectivity index (χ2v) is 4.39. The van der Waals surface area contributed by atoms with E-state index in [2.05, 4.69) is 18.6 Å². The molecule has 0 N–H and O–H groups in total. The smallest absolute Gasteiger partial charge is 0.00816 e. The summed E-state index contributed by atoms with van der Waals surface area (Å²) in [5, 5.41) is 0. The monoisotopic (exact) mass is 178 g/mol. The highest BCUT2D eigenvalue weighted by Gasteiger charge is 2.05. The van der Waals surface area contributed by atoms with Crippen LogP contribution < -0.4 is 0 Å². The van der Waals surface area contributed by atoms with Gasteiger partial charge in [-0.05, 0) is 12.2 Å². The number of hydrogen-bond acceptors (Lipinski definition) is 2. The molecule has 62 valence electrons. The number of rotatable bonds is 0. The average molecular weight is 178 g/mol. The first kappa shape index (κ1) is 10.7. The van der Waals surface area contributed by atoms with Crippen LogP contribution in [0.25, 0.3) is 0 Å². The number of thiol groups is 1. The Morgan fingerprint density at radius 1 is 1.20 bits per heavy atom. The molecule has 0 aliphatic heterocycles. The van der Waals surface area contributed by atoms with Gasteiger partial charge in [-0.15, -0.1) is 22.5 Å². The molecular formula is C8H18S2. The van der Waals surface area contributed by atoms with E-state index in [-0.39, 0.29) is 0 Å². The van der Waals surface area contributed by atoms with Gasteiger partial charge in [0.1, 0.15) is 0 Å². The van der Waals surface area contributed by atoms with Crippen LogP contribution in [0.4, 0.5) is 0 Å². The van der Waals surface area contributed by atoms with Crippen LogP contribution in [0.2, 0.25) is 0 Å². The highest BCUT2D eigenvalue weighted by atomic mass is 33.1. The van der Waals surface area contributed by atoms with Crippen LogP contribution in [-0.2, 0) is 0 Å². The van der Waals surface area contributed by atoms with Gasteiger partial charge in [-0.3, -0.25) is 0 Å². The van der Waals surface area contributed by atoms with Gasteiger partial charge < -0.3 is 0 Å². The van der Waals surface area contributed by atoms with Crippen LogP contribution in [0.5, 0.6) is 0 Å². The fourth-order valence-electron chi connectivity index (χ4n) is 1.31. The lowest BCUT2D eigenvalue weighted by molar-refractivity contribution is 0.385. The van der Waals surface area contributed by atoms with Crippen molar-refractivity contribution in [1.29, 1.82) is 0 Å². The fraction of sp³-hybridized carbons (Fsp3) is 1.00. The normalized spacial score (nSPS) is 19.5. The molecule has 10 heavy (non-hydrogen) atoms. The SMILES string of the molecule is CC1CCCCC1.CSS. The minimum absolute atomic E-state index is 1.04. The van der Waals surface area contributed by atoms with Gasteiger partial charge in [-0.25, -0.2) is 0 Å². The molecule has 0 heterocycles. The predicted octanol–water partition coefficient (Wildman–Crippen LogP) is 3.78. The van der Waals surface area contributed by atoms with Gasteiger partial charge in [0.15, 0.2) is 0 Å². The Balaban J connectivity index is 0.000000236. The van der Waals surface area contributed by atoms with Gasteiger partial charge in [-0.1, -0.05) is 39.0 Å². The van der Waals surface area contributed by atoms with Gasteiger partial charge in [0.2, 0.25) is 0 Å². The van der Waals surface area contributed by atoms with E-state index in [1.807, 2.05) is 6.26 Å². The minimum Gasteiger partial charge on any atom is -0.112 e. The summed E-state index contributed by atoms with van der Waals surface area (Å²) >= 11 is 3.71. The van der Waals surface area contributed by atoms with Gasteiger partial charge in [0.25, 0.3) is 0 Å². The predicted molar refractivity (Wildman–Crippen MR) is 54.8 cm³/mol. The highest BCUT2D eigenvalue weighted by Crippen LogP contribution is 2.21. The maximum Gasteiger partial charge on any atom is -0.00816 e. The molecule has 0 bridgehead atoms. The van der Waals surface area contributed by atoms with Gasteiger partial charge in [-0.2, -0.15) is 0 Å². The summed E-state index contributed by atoms with van der Waals surface area (Å²) < 4.78 is 0. The summed E-state index contributed by atoms with van der Waals surface area (Å²) in [5.74, 6) is 1.04. The summed E-state index contributed by atoms with van der Waals surface area (Å²) in [6.07, 6.45) is 9.34. The second kappa shape index (κ2) is 7.80. The zero-order valence-corrected chi connectivity index (χ0v) is 8.68. The molecule has 0 atom stereocenters. The topological polar surface area (TPSA) is 0 Å². The van der Waals surface area contributed by atoms with E-state index in [0.717, 1.165) is 5.92 Å². The Hall–Kier alpha value is 0.700. The quantitative estimate of drug-likeness (QED) is 0.435. The third kappa shape index (κ3) is 6.81. The molecular weight excluding hydrogens is 160 g/mol. The first-order chi connectivity index (χ1) is 4.81. The molecule has 2 heteroatoms. The van der Waals surface area contributed by atoms with Crippen LogP contribution in [0.1, 0.15) is 39.0 Å². The van der Waals surface area contributed by atoms with Crippen molar-refractivity contribution < 1.29 is 0 Å². The summed E-state index contributed by atoms with van der Waals surface area (Å²) in [5.41, 5.74) is 0. The largest absolute Gasteiger partial charge is 0.112 e. The Kier molecular flexibility index (Phi) is 8.35. The first-order valence-electron chi connectivity index (χ1n) is 3.98. The Morgan fingerprint density at radius 2 is 1.60 bits per heavy atom. The van der Waals surface area contributed by atoms with Crippen LogP contribution in [-0.4, -0.2) is 6.26 Å². The molecule has 0 spiro atoms. The van der Waals surface area contributed by atoms with Crippen molar-refractivity contribution in [3.8, 4) is 0 Å². The third-order valence-corrected chi connectivity index (χ3v) is 1.89. The molecule has 1 aliphatic rings. The van der Waals surface area contributed by atoms with Crippen molar-refractivity contribution in [1.82, 2.24) is 0 Å². The highest BCUT2D eigenvalue weighted by molar-refractivity contribution is 8.68. The Labute approximate surface area is 74.0 Å². The molecule has 1 rings (SSSR count). The van der Waals surface area contributed by atoms with E-state index < -0.39 is 0 Å². The van der Waals surface area contributed by atoms with Crippen molar-refractivity contribution in [2.24, 2.45) is 5.92 Å². The molecule has 1 aliphatic carbocycles. The molecule has 1 saturated carbocycles. The standard InChI is InChI=1S/C7H14.CH4S2/c1-7-5-3-2-4-6-7;1-3-2/h7H,2-6H2,1H3;2H,1H3. The van der Waals surface area contributed by atoms with E-state index >= 15 is 0 Å². The van der Waals surface area contributed by atoms with Crippen molar-refractivity contribution in [2.75, 3.05) is 6.26 Å². The molecule has 0 aromatic rings. The van der Waals surface area contributed by atoms with Crippen molar-refractivity contribution >= 4 is 22.5 Å². The zero-order valence-electron chi connectivity index (χ0n) is 6.97. The Bertz CT molecular complexity index is 58.3. The van der Waals surface area contributed by atoms with Crippen molar-refractivity contribution in [2.45, 2.75) is 39.0 Å². The van der Waals surface area contributed by atoms with Crippen molar-refractivity contribution in [3.05, 3.63) is 0 Å². The minimum atomic E-state index is 1.04. The fourth-order valence-corrected chi connectivity index (χ4v) is 1.31. The lowest BCUT2D eigenvalue weighted by Gasteiger charge is -2.15. The molecule has 1 fully saturated rings. The van der Waals surface area contributed by atoms with Crippen LogP contribution in [0.3, 0.4) is 0 Å². The molecule has 0 aromatic carbocycles. The first-order valence-corrected chi connectivity index (χ1v) is 6.26. The van der Waals surface area contributed by atoms with Crippen LogP contribution in [0.15, 0.2) is 0 Å². The summed E-state index contributed by atoms with van der Waals surface area (Å²) in [7, 11) is 1.44. The molecule has 0 saturated heterocycles. The summed E-state index contributed by atoms with van der Waals surface area (Å²) in [6.45, 7) is 2.36. The lowest BCUT2D eigenvalue weighted by Crippen LogP contribution is -1.99. The molecule has 0 radical (unpaired) electrons. The van der Waals surface area contributed by atoms with E-state index in [4.69, 9.17) is 0 Å². The Morgan fingerprint density at radius 3 is 1.80 bits per heavy atom. The molecule has 0 nitrogen and oxygen atoms in total. The second-order valence-electron chi connectivity index (χ2n) is 2.93. The van der Waals surface area contributed by atoms with Gasteiger partial charge in [0.05, 0.1) is 0 Å². The van der Waals surface area contributed by atoms with E-state index in [0.29, 0.717) is 0 Å². The molecule has 0 unspecified atom stereocenters. The molecule has 0 amide bonds. The van der Waals surface area contributed by atoms with Crippen LogP contribution >= 0.6 is 22.5 Å². The van der Waals surface area contributed by atoms with E-state index in [1.54, 1.807) is 0 Å². The third-order valence-electron chi connectivity index (χ3n) is 1.89. The lowest BCUT2D eigenvalue weighted by atomic mass is 9.91. The van der Waals surface area contributed by atoms with E-state index in [1.165, 1.54) is 42.9 Å². The van der Waals surface area contributed by atoms with Crippen molar-refractivity contribution in [3.63, 3.8) is 0 Å². The summed E-state index contributed by atoms with van der Waals surface area (Å²) in [4.78, 5) is 0. The van der Waals surface area contributed by atoms with E-state index in [9.17, 15) is 0 Å². The van der Waals surface area contributed by atoms with Gasteiger partial charge >= 0.3 is 0 Å². The zero-order chi connectivity index (χ0) is 7.82. The number of hydrogen-bond donors (Lipinski definition) is 1. The van der Waals surface area contributed by atoms with Gasteiger partial charge in [0, 0.05) is 0 Å². The van der Waals surface area contributed by atoms with Crippen LogP contribution in [0, 0.1) is 5.92 Å². The molecule has 0 aromatic heterocycles. The maximum absolute atomic E-state index is 3.71.